The molecule has 0 bridgehead atoms. The third-order valence-corrected chi connectivity index (χ3v) is 3.01. The lowest BCUT2D eigenvalue weighted by atomic mass is 9.99. The predicted octanol–water partition coefficient (Wildman–Crippen LogP) is 1.00. The Bertz CT molecular complexity index is 257. The standard InChI is InChI=1S/C11H19N3/c1-9-4-3-7-14(8-9)11-10(12)5-2-6-13-11/h2,5-6,9,11,13H,3-4,7-8,12H2,1H3/t9-,11?/m0/s1. The third-order valence-electron chi connectivity index (χ3n) is 3.01. The molecule has 0 aliphatic carbocycles. The maximum absolute atomic E-state index is 5.96. The van der Waals surface area contributed by atoms with Crippen LogP contribution in [-0.4, -0.2) is 24.2 Å². The average Bonchev–Trinajstić information content (AvgIpc) is 2.18. The van der Waals surface area contributed by atoms with Crippen LogP contribution in [0.15, 0.2) is 24.0 Å². The summed E-state index contributed by atoms with van der Waals surface area (Å²) in [6.45, 7) is 4.62. The molecule has 2 rings (SSSR count). The van der Waals surface area contributed by atoms with Crippen molar-refractivity contribution in [3.8, 4) is 0 Å². The molecule has 78 valence electrons. The number of hydrogen-bond donors (Lipinski definition) is 2. The van der Waals surface area contributed by atoms with Gasteiger partial charge >= 0.3 is 0 Å². The number of nitrogens with one attached hydrogen (secondary N) is 1. The zero-order chi connectivity index (χ0) is 9.97. The average molecular weight is 193 g/mol. The zero-order valence-electron chi connectivity index (χ0n) is 8.74. The molecule has 0 saturated carbocycles. The molecule has 1 unspecified atom stereocenters. The van der Waals surface area contributed by atoms with Gasteiger partial charge in [0.1, 0.15) is 6.17 Å². The lowest BCUT2D eigenvalue weighted by Crippen LogP contribution is -2.51. The number of dihydropyridines is 1. The highest BCUT2D eigenvalue weighted by atomic mass is 15.3. The first-order valence-electron chi connectivity index (χ1n) is 5.39. The van der Waals surface area contributed by atoms with Gasteiger partial charge in [-0.3, -0.25) is 4.90 Å². The van der Waals surface area contributed by atoms with Crippen LogP contribution in [0, 0.1) is 5.92 Å². The molecule has 2 aliphatic rings. The molecule has 3 nitrogen and oxygen atoms in total. The monoisotopic (exact) mass is 193 g/mol. The molecule has 0 aromatic heterocycles. The largest absolute Gasteiger partial charge is 0.399 e. The molecule has 0 amide bonds. The van der Waals surface area contributed by atoms with Crippen molar-refractivity contribution in [2.75, 3.05) is 13.1 Å². The number of piperidine rings is 1. The van der Waals surface area contributed by atoms with Gasteiger partial charge < -0.3 is 11.1 Å². The van der Waals surface area contributed by atoms with Crippen LogP contribution in [0.4, 0.5) is 0 Å². The molecule has 1 saturated heterocycles. The highest BCUT2D eigenvalue weighted by molar-refractivity contribution is 5.19. The van der Waals surface area contributed by atoms with E-state index in [9.17, 15) is 0 Å². The maximum atomic E-state index is 5.96. The van der Waals surface area contributed by atoms with Crippen LogP contribution in [0.5, 0.6) is 0 Å². The Balaban J connectivity index is 2.00. The topological polar surface area (TPSA) is 41.3 Å². The van der Waals surface area contributed by atoms with E-state index in [1.807, 2.05) is 18.4 Å². The molecule has 2 atom stereocenters. The van der Waals surface area contributed by atoms with Crippen LogP contribution < -0.4 is 11.1 Å². The summed E-state index contributed by atoms with van der Waals surface area (Å²) in [6, 6.07) is 0. The first-order valence-corrected chi connectivity index (χ1v) is 5.39. The first-order chi connectivity index (χ1) is 6.77. The van der Waals surface area contributed by atoms with Crippen molar-refractivity contribution in [3.05, 3.63) is 24.0 Å². The van der Waals surface area contributed by atoms with E-state index in [0.717, 1.165) is 24.7 Å². The Morgan fingerprint density at radius 1 is 1.57 bits per heavy atom. The fraction of sp³-hybridized carbons (Fsp3) is 0.636. The fourth-order valence-electron chi connectivity index (χ4n) is 2.27. The minimum Gasteiger partial charge on any atom is -0.399 e. The van der Waals surface area contributed by atoms with E-state index in [2.05, 4.69) is 17.1 Å². The third kappa shape index (κ3) is 1.93. The van der Waals surface area contributed by atoms with Crippen LogP contribution in [0.2, 0.25) is 0 Å². The van der Waals surface area contributed by atoms with Gasteiger partial charge in [0.25, 0.3) is 0 Å². The Labute approximate surface area is 85.6 Å². The van der Waals surface area contributed by atoms with Gasteiger partial charge in [0, 0.05) is 18.8 Å². The van der Waals surface area contributed by atoms with Crippen molar-refractivity contribution >= 4 is 0 Å². The Hall–Kier alpha value is -0.960. The molecule has 2 aliphatic heterocycles. The molecular weight excluding hydrogens is 174 g/mol. The molecule has 1 fully saturated rings. The summed E-state index contributed by atoms with van der Waals surface area (Å²) in [5, 5.41) is 3.31. The molecule has 14 heavy (non-hydrogen) atoms. The summed E-state index contributed by atoms with van der Waals surface area (Å²) in [4.78, 5) is 2.43. The molecule has 3 heteroatoms. The highest BCUT2D eigenvalue weighted by Gasteiger charge is 2.25. The lowest BCUT2D eigenvalue weighted by Gasteiger charge is -2.38. The van der Waals surface area contributed by atoms with E-state index >= 15 is 0 Å². The Morgan fingerprint density at radius 3 is 3.14 bits per heavy atom. The second-order valence-electron chi connectivity index (χ2n) is 4.34. The summed E-state index contributed by atoms with van der Waals surface area (Å²) in [7, 11) is 0. The number of rotatable bonds is 1. The summed E-state index contributed by atoms with van der Waals surface area (Å²) >= 11 is 0. The summed E-state index contributed by atoms with van der Waals surface area (Å²) in [5.41, 5.74) is 6.89. The van der Waals surface area contributed by atoms with Gasteiger partial charge in [-0.1, -0.05) is 6.92 Å². The van der Waals surface area contributed by atoms with Crippen LogP contribution in [0.1, 0.15) is 19.8 Å². The molecule has 0 radical (unpaired) electrons. The van der Waals surface area contributed by atoms with E-state index < -0.39 is 0 Å². The van der Waals surface area contributed by atoms with Crippen LogP contribution in [0.3, 0.4) is 0 Å². The van der Waals surface area contributed by atoms with Crippen molar-refractivity contribution in [2.45, 2.75) is 25.9 Å². The summed E-state index contributed by atoms with van der Waals surface area (Å²) < 4.78 is 0. The van der Waals surface area contributed by atoms with Gasteiger partial charge in [-0.2, -0.15) is 0 Å². The SMILES string of the molecule is C[C@H]1CCCN(C2NC=CC=C2N)C1. The molecule has 0 aromatic carbocycles. The van der Waals surface area contributed by atoms with Gasteiger partial charge in [0.2, 0.25) is 0 Å². The zero-order valence-corrected chi connectivity index (χ0v) is 8.74. The maximum Gasteiger partial charge on any atom is 0.120 e. The number of hydrogen-bond acceptors (Lipinski definition) is 3. The molecule has 0 aromatic rings. The van der Waals surface area contributed by atoms with Gasteiger partial charge in [-0.05, 0) is 37.1 Å². The van der Waals surface area contributed by atoms with Crippen molar-refractivity contribution in [3.63, 3.8) is 0 Å². The van der Waals surface area contributed by atoms with Gasteiger partial charge in [-0.25, -0.2) is 0 Å². The summed E-state index contributed by atoms with van der Waals surface area (Å²) in [5.74, 6) is 0.796. The predicted molar refractivity (Wildman–Crippen MR) is 58.3 cm³/mol. The second kappa shape index (κ2) is 4.05. The van der Waals surface area contributed by atoms with E-state index in [-0.39, 0.29) is 6.17 Å². The van der Waals surface area contributed by atoms with Crippen molar-refractivity contribution < 1.29 is 0 Å². The minimum atomic E-state index is 0.225. The summed E-state index contributed by atoms with van der Waals surface area (Å²) in [6.07, 6.45) is 8.78. The number of likely N-dealkylation sites (tertiary alicyclic amines) is 1. The molecule has 3 N–H and O–H groups in total. The van der Waals surface area contributed by atoms with Crippen molar-refractivity contribution in [2.24, 2.45) is 11.7 Å². The highest BCUT2D eigenvalue weighted by Crippen LogP contribution is 2.19. The lowest BCUT2D eigenvalue weighted by molar-refractivity contribution is 0.134. The van der Waals surface area contributed by atoms with Crippen LogP contribution in [-0.2, 0) is 0 Å². The van der Waals surface area contributed by atoms with Crippen molar-refractivity contribution in [1.29, 1.82) is 0 Å². The van der Waals surface area contributed by atoms with E-state index in [1.165, 1.54) is 12.8 Å². The number of nitrogens with two attached hydrogens (primary N) is 1. The molecule has 2 heterocycles. The van der Waals surface area contributed by atoms with E-state index in [1.54, 1.807) is 0 Å². The fourth-order valence-corrected chi connectivity index (χ4v) is 2.27. The minimum absolute atomic E-state index is 0.225. The molecule has 0 spiro atoms. The Kier molecular flexibility index (Phi) is 2.77. The smallest absolute Gasteiger partial charge is 0.120 e. The van der Waals surface area contributed by atoms with E-state index in [0.29, 0.717) is 0 Å². The second-order valence-corrected chi connectivity index (χ2v) is 4.34. The quantitative estimate of drug-likeness (QED) is 0.653. The van der Waals surface area contributed by atoms with Gasteiger partial charge in [0.15, 0.2) is 0 Å². The van der Waals surface area contributed by atoms with Crippen molar-refractivity contribution in [1.82, 2.24) is 10.2 Å². The number of allylic oxidation sites excluding steroid dienone is 2. The first kappa shape index (κ1) is 9.59. The Morgan fingerprint density at radius 2 is 2.43 bits per heavy atom. The molecular formula is C11H19N3. The van der Waals surface area contributed by atoms with Crippen LogP contribution >= 0.6 is 0 Å². The van der Waals surface area contributed by atoms with Crippen LogP contribution in [0.25, 0.3) is 0 Å². The van der Waals surface area contributed by atoms with Gasteiger partial charge in [-0.15, -0.1) is 0 Å². The number of nitrogens with zero attached hydrogens (tertiary/aromatic N) is 1. The van der Waals surface area contributed by atoms with E-state index in [4.69, 9.17) is 5.73 Å². The normalized spacial score (nSPS) is 33.6. The van der Waals surface area contributed by atoms with Gasteiger partial charge in [0.05, 0.1) is 0 Å².